The van der Waals surface area contributed by atoms with Crippen LogP contribution in [0.5, 0.6) is 0 Å². The van der Waals surface area contributed by atoms with Gasteiger partial charge in [-0.3, -0.25) is 4.79 Å². The number of benzene rings is 1. The largest absolute Gasteiger partial charge is 0.322 e. The van der Waals surface area contributed by atoms with E-state index in [2.05, 4.69) is 15.4 Å². The van der Waals surface area contributed by atoms with Crippen molar-refractivity contribution in [3.63, 3.8) is 0 Å². The second kappa shape index (κ2) is 6.03. The molecule has 5 nitrogen and oxygen atoms in total. The smallest absolute Gasteiger partial charge is 0.257 e. The molecule has 1 N–H and O–H groups in total. The third-order valence-corrected chi connectivity index (χ3v) is 3.93. The van der Waals surface area contributed by atoms with E-state index in [1.54, 1.807) is 32.2 Å². The third-order valence-electron chi connectivity index (χ3n) is 3.93. The van der Waals surface area contributed by atoms with E-state index in [0.29, 0.717) is 22.5 Å². The Kier molecular flexibility index (Phi) is 4.05. The highest BCUT2D eigenvalue weighted by Crippen LogP contribution is 2.21. The van der Waals surface area contributed by atoms with E-state index < -0.39 is 0 Å². The molecule has 1 aromatic carbocycles. The summed E-state index contributed by atoms with van der Waals surface area (Å²) in [6, 6.07) is 6.24. The molecule has 0 bridgehead atoms. The van der Waals surface area contributed by atoms with Crippen LogP contribution in [-0.4, -0.2) is 20.7 Å². The van der Waals surface area contributed by atoms with Crippen LogP contribution in [0.25, 0.3) is 11.0 Å². The first kappa shape index (κ1) is 16.1. The van der Waals surface area contributed by atoms with Crippen molar-refractivity contribution in [3.8, 4) is 0 Å². The second-order valence-electron chi connectivity index (χ2n) is 6.13. The Hall–Kier alpha value is -2.76. The molecule has 6 heteroatoms. The zero-order chi connectivity index (χ0) is 17.4. The van der Waals surface area contributed by atoms with E-state index >= 15 is 0 Å². The van der Waals surface area contributed by atoms with Crippen molar-refractivity contribution in [2.75, 3.05) is 5.32 Å². The average molecular weight is 326 g/mol. The molecule has 0 radical (unpaired) electrons. The molecule has 124 valence electrons. The van der Waals surface area contributed by atoms with Crippen LogP contribution in [-0.2, 0) is 0 Å². The van der Waals surface area contributed by atoms with Gasteiger partial charge in [-0.1, -0.05) is 0 Å². The van der Waals surface area contributed by atoms with Gasteiger partial charge in [0.25, 0.3) is 5.91 Å². The summed E-state index contributed by atoms with van der Waals surface area (Å²) < 4.78 is 15.0. The Morgan fingerprint density at radius 1 is 1.25 bits per heavy atom. The highest BCUT2D eigenvalue weighted by molar-refractivity contribution is 6.06. The molecule has 0 fully saturated rings. The molecule has 2 heterocycles. The third kappa shape index (κ3) is 2.87. The van der Waals surface area contributed by atoms with Crippen molar-refractivity contribution in [1.29, 1.82) is 0 Å². The predicted molar refractivity (Wildman–Crippen MR) is 91.7 cm³/mol. The highest BCUT2D eigenvalue weighted by atomic mass is 19.1. The molecule has 0 spiro atoms. The van der Waals surface area contributed by atoms with Crippen LogP contribution in [0.4, 0.5) is 10.1 Å². The Bertz CT molecular complexity index is 930. The summed E-state index contributed by atoms with van der Waals surface area (Å²) in [7, 11) is 0. The van der Waals surface area contributed by atoms with Gasteiger partial charge < -0.3 is 5.32 Å². The van der Waals surface area contributed by atoms with Crippen LogP contribution in [0.3, 0.4) is 0 Å². The molecule has 0 atom stereocenters. The van der Waals surface area contributed by atoms with Gasteiger partial charge in [-0.15, -0.1) is 0 Å². The van der Waals surface area contributed by atoms with Crippen molar-refractivity contribution >= 4 is 22.6 Å². The number of amides is 1. The number of hydrogen-bond donors (Lipinski definition) is 1. The number of nitrogens with zero attached hydrogens (tertiary/aromatic N) is 3. The van der Waals surface area contributed by atoms with E-state index in [1.807, 2.05) is 18.5 Å². The van der Waals surface area contributed by atoms with Crippen LogP contribution < -0.4 is 5.32 Å². The maximum Gasteiger partial charge on any atom is 0.257 e. The van der Waals surface area contributed by atoms with Gasteiger partial charge in [0.1, 0.15) is 5.82 Å². The maximum atomic E-state index is 13.2. The molecule has 0 saturated carbocycles. The summed E-state index contributed by atoms with van der Waals surface area (Å²) in [6.45, 7) is 7.60. The zero-order valence-electron chi connectivity index (χ0n) is 14.1. The molecule has 0 unspecified atom stereocenters. The fraction of sp³-hybridized carbons (Fsp3) is 0.278. The van der Waals surface area contributed by atoms with Crippen LogP contribution >= 0.6 is 0 Å². The maximum absolute atomic E-state index is 13.2. The number of rotatable bonds is 3. The number of hydrogen-bond acceptors (Lipinski definition) is 3. The molecule has 3 rings (SSSR count). The number of halogens is 1. The van der Waals surface area contributed by atoms with Gasteiger partial charge in [-0.05, 0) is 57.5 Å². The van der Waals surface area contributed by atoms with E-state index in [0.717, 1.165) is 11.0 Å². The number of nitrogens with one attached hydrogen (secondary N) is 1. The quantitative estimate of drug-likeness (QED) is 0.791. The van der Waals surface area contributed by atoms with Gasteiger partial charge in [0.2, 0.25) is 0 Å². The number of carbonyl (C=O) groups excluding carboxylic acids is 1. The first-order valence-electron chi connectivity index (χ1n) is 7.79. The van der Waals surface area contributed by atoms with Gasteiger partial charge in [-0.2, -0.15) is 5.10 Å². The van der Waals surface area contributed by atoms with Gasteiger partial charge >= 0.3 is 0 Å². The van der Waals surface area contributed by atoms with Gasteiger partial charge in [-0.25, -0.2) is 14.1 Å². The SMILES string of the molecule is Cc1cc(F)ccc1NC(=O)c1cc2cnn(C(C)C)c2nc1C. The normalized spacial score (nSPS) is 11.2. The molecule has 0 saturated heterocycles. The number of aryl methyl sites for hydroxylation is 2. The van der Waals surface area contributed by atoms with E-state index in [1.165, 1.54) is 12.1 Å². The topological polar surface area (TPSA) is 59.8 Å². The Balaban J connectivity index is 1.96. The molecule has 3 aromatic rings. The highest BCUT2D eigenvalue weighted by Gasteiger charge is 2.16. The molecule has 24 heavy (non-hydrogen) atoms. The lowest BCUT2D eigenvalue weighted by atomic mass is 10.1. The fourth-order valence-electron chi connectivity index (χ4n) is 2.63. The van der Waals surface area contributed by atoms with Gasteiger partial charge in [0.15, 0.2) is 5.65 Å². The zero-order valence-corrected chi connectivity index (χ0v) is 14.1. The monoisotopic (exact) mass is 326 g/mol. The molecular weight excluding hydrogens is 307 g/mol. The molecule has 1 amide bonds. The molecule has 0 aliphatic heterocycles. The van der Waals surface area contributed by atoms with Gasteiger partial charge in [0, 0.05) is 17.1 Å². The summed E-state index contributed by atoms with van der Waals surface area (Å²) >= 11 is 0. The van der Waals surface area contributed by atoms with E-state index in [4.69, 9.17) is 0 Å². The summed E-state index contributed by atoms with van der Waals surface area (Å²) in [5.41, 5.74) is 3.12. The number of pyridine rings is 1. The molecule has 0 aliphatic rings. The average Bonchev–Trinajstić information content (AvgIpc) is 2.92. The van der Waals surface area contributed by atoms with Crippen molar-refractivity contribution in [2.45, 2.75) is 33.7 Å². The number of fused-ring (bicyclic) bond motifs is 1. The standard InChI is InChI=1S/C18H19FN4O/c1-10(2)23-17-13(9-20-23)8-15(12(4)21-17)18(24)22-16-6-5-14(19)7-11(16)3/h5-10H,1-4H3,(H,22,24). The van der Waals surface area contributed by atoms with E-state index in [9.17, 15) is 9.18 Å². The minimum atomic E-state index is -0.328. The molecule has 2 aromatic heterocycles. The Labute approximate surface area is 139 Å². The number of carbonyl (C=O) groups is 1. The van der Waals surface area contributed by atoms with Crippen LogP contribution in [0, 0.1) is 19.7 Å². The molecular formula is C18H19FN4O. The lowest BCUT2D eigenvalue weighted by molar-refractivity contribution is 0.102. The summed E-state index contributed by atoms with van der Waals surface area (Å²) in [6.07, 6.45) is 1.71. The van der Waals surface area contributed by atoms with Crippen LogP contribution in [0.2, 0.25) is 0 Å². The minimum Gasteiger partial charge on any atom is -0.322 e. The summed E-state index contributed by atoms with van der Waals surface area (Å²) in [5, 5.41) is 7.96. The summed E-state index contributed by atoms with van der Waals surface area (Å²) in [4.78, 5) is 17.1. The fourth-order valence-corrected chi connectivity index (χ4v) is 2.63. The number of anilines is 1. The van der Waals surface area contributed by atoms with Crippen molar-refractivity contribution in [1.82, 2.24) is 14.8 Å². The van der Waals surface area contributed by atoms with E-state index in [-0.39, 0.29) is 17.8 Å². The first-order valence-corrected chi connectivity index (χ1v) is 7.79. The first-order chi connectivity index (χ1) is 11.4. The van der Waals surface area contributed by atoms with Crippen molar-refractivity contribution < 1.29 is 9.18 Å². The lowest BCUT2D eigenvalue weighted by Crippen LogP contribution is -2.15. The van der Waals surface area contributed by atoms with Crippen molar-refractivity contribution in [2.24, 2.45) is 0 Å². The van der Waals surface area contributed by atoms with Crippen LogP contribution in [0.15, 0.2) is 30.5 Å². The molecule has 0 aliphatic carbocycles. The summed E-state index contributed by atoms with van der Waals surface area (Å²) in [5.74, 6) is -0.597. The van der Waals surface area contributed by atoms with Gasteiger partial charge in [0.05, 0.1) is 17.5 Å². The number of aromatic nitrogens is 3. The second-order valence-corrected chi connectivity index (χ2v) is 6.13. The Morgan fingerprint density at radius 2 is 2.00 bits per heavy atom. The van der Waals surface area contributed by atoms with Crippen molar-refractivity contribution in [3.05, 3.63) is 53.1 Å². The Morgan fingerprint density at radius 3 is 2.67 bits per heavy atom. The minimum absolute atomic E-state index is 0.191. The predicted octanol–water partition coefficient (Wildman–Crippen LogP) is 4.02. The lowest BCUT2D eigenvalue weighted by Gasteiger charge is -2.11. The van der Waals surface area contributed by atoms with Crippen LogP contribution in [0.1, 0.15) is 41.5 Å².